The molecule has 1 aromatic rings. The normalized spacial score (nSPS) is 23.2. The van der Waals surface area contributed by atoms with E-state index < -0.39 is 0 Å². The Labute approximate surface area is 79.8 Å². The number of thiophene rings is 1. The minimum atomic E-state index is 0.890. The summed E-state index contributed by atoms with van der Waals surface area (Å²) >= 11 is 5.48. The topological polar surface area (TPSA) is 0 Å². The third kappa shape index (κ3) is 1.52. The van der Waals surface area contributed by atoms with Crippen LogP contribution in [-0.4, -0.2) is 5.33 Å². The number of fused-ring (bicyclic) bond motifs is 1. The number of halogens is 1. The lowest BCUT2D eigenvalue weighted by molar-refractivity contribution is 0.519. The van der Waals surface area contributed by atoms with E-state index in [-0.39, 0.29) is 0 Å². The molecule has 60 valence electrons. The highest BCUT2D eigenvalue weighted by molar-refractivity contribution is 9.09. The van der Waals surface area contributed by atoms with Crippen LogP contribution in [0.4, 0.5) is 0 Å². The van der Waals surface area contributed by atoms with E-state index >= 15 is 0 Å². The third-order valence-corrected chi connectivity index (χ3v) is 4.25. The van der Waals surface area contributed by atoms with Crippen LogP contribution in [0.1, 0.15) is 16.9 Å². The van der Waals surface area contributed by atoms with Crippen molar-refractivity contribution in [2.24, 2.45) is 5.92 Å². The van der Waals surface area contributed by atoms with Gasteiger partial charge in [0.1, 0.15) is 0 Å². The van der Waals surface area contributed by atoms with Gasteiger partial charge in [-0.1, -0.05) is 15.9 Å². The summed E-state index contributed by atoms with van der Waals surface area (Å²) in [4.78, 5) is 1.63. The van der Waals surface area contributed by atoms with E-state index in [0.29, 0.717) is 0 Å². The highest BCUT2D eigenvalue weighted by Crippen LogP contribution is 2.30. The monoisotopic (exact) mass is 230 g/mol. The van der Waals surface area contributed by atoms with Crippen LogP contribution in [0.5, 0.6) is 0 Å². The van der Waals surface area contributed by atoms with Gasteiger partial charge in [0.25, 0.3) is 0 Å². The summed E-state index contributed by atoms with van der Waals surface area (Å²) < 4.78 is 0. The highest BCUT2D eigenvalue weighted by atomic mass is 79.9. The maximum Gasteiger partial charge on any atom is 0.00802 e. The largest absolute Gasteiger partial charge is 0.149 e. The van der Waals surface area contributed by atoms with Crippen LogP contribution in [-0.2, 0) is 12.8 Å². The van der Waals surface area contributed by atoms with Gasteiger partial charge in [0.2, 0.25) is 0 Å². The van der Waals surface area contributed by atoms with Crippen molar-refractivity contribution in [3.05, 3.63) is 21.9 Å². The van der Waals surface area contributed by atoms with Crippen LogP contribution < -0.4 is 0 Å². The molecule has 0 aromatic carbocycles. The first-order valence-electron chi connectivity index (χ1n) is 4.01. The average Bonchev–Trinajstić information content (AvgIpc) is 2.50. The molecular weight excluding hydrogens is 220 g/mol. The van der Waals surface area contributed by atoms with Crippen molar-refractivity contribution in [1.29, 1.82) is 0 Å². The van der Waals surface area contributed by atoms with Crippen LogP contribution in [0.15, 0.2) is 11.4 Å². The molecule has 0 bridgehead atoms. The van der Waals surface area contributed by atoms with Crippen LogP contribution in [0.2, 0.25) is 0 Å². The lowest BCUT2D eigenvalue weighted by Crippen LogP contribution is -2.12. The van der Waals surface area contributed by atoms with Gasteiger partial charge in [0.05, 0.1) is 0 Å². The highest BCUT2D eigenvalue weighted by Gasteiger charge is 2.17. The Morgan fingerprint density at radius 3 is 3.36 bits per heavy atom. The molecule has 0 spiro atoms. The van der Waals surface area contributed by atoms with E-state index in [2.05, 4.69) is 27.4 Å². The molecule has 2 heteroatoms. The van der Waals surface area contributed by atoms with Gasteiger partial charge in [-0.15, -0.1) is 11.3 Å². The van der Waals surface area contributed by atoms with Crippen LogP contribution in [0.3, 0.4) is 0 Å². The SMILES string of the molecule is BrCC1CCc2ccsc2C1. The molecule has 0 fully saturated rings. The minimum Gasteiger partial charge on any atom is -0.149 e. The summed E-state index contributed by atoms with van der Waals surface area (Å²) in [6.45, 7) is 0. The molecule has 11 heavy (non-hydrogen) atoms. The molecule has 1 aliphatic rings. The van der Waals surface area contributed by atoms with E-state index in [1.54, 1.807) is 10.4 Å². The van der Waals surface area contributed by atoms with Crippen LogP contribution in [0.25, 0.3) is 0 Å². The van der Waals surface area contributed by atoms with Gasteiger partial charge in [-0.3, -0.25) is 0 Å². The quantitative estimate of drug-likeness (QED) is 0.651. The molecule has 1 atom stereocenters. The molecule has 0 saturated carbocycles. The van der Waals surface area contributed by atoms with Crippen LogP contribution in [0, 0.1) is 5.92 Å². The van der Waals surface area contributed by atoms with Gasteiger partial charge in [-0.05, 0) is 42.2 Å². The molecule has 0 saturated heterocycles. The number of rotatable bonds is 1. The number of hydrogen-bond acceptors (Lipinski definition) is 1. The van der Waals surface area contributed by atoms with Crippen molar-refractivity contribution in [2.75, 3.05) is 5.33 Å². The van der Waals surface area contributed by atoms with Gasteiger partial charge in [-0.25, -0.2) is 0 Å². The van der Waals surface area contributed by atoms with E-state index in [0.717, 1.165) is 5.92 Å². The lowest BCUT2D eigenvalue weighted by Gasteiger charge is -2.19. The molecule has 0 amide bonds. The maximum absolute atomic E-state index is 3.56. The predicted octanol–water partition coefficient (Wildman–Crippen LogP) is 3.25. The molecule has 1 aliphatic carbocycles. The summed E-state index contributed by atoms with van der Waals surface area (Å²) in [7, 11) is 0. The standard InChI is InChI=1S/C9H11BrS/c10-6-7-1-2-8-3-4-11-9(8)5-7/h3-4,7H,1-2,5-6H2. The minimum absolute atomic E-state index is 0.890. The second-order valence-electron chi connectivity index (χ2n) is 3.13. The van der Waals surface area contributed by atoms with Gasteiger partial charge in [0.15, 0.2) is 0 Å². The van der Waals surface area contributed by atoms with E-state index in [1.807, 2.05) is 11.3 Å². The lowest BCUT2D eigenvalue weighted by atomic mass is 9.91. The summed E-state index contributed by atoms with van der Waals surface area (Å²) in [5.74, 6) is 0.890. The van der Waals surface area contributed by atoms with Crippen molar-refractivity contribution in [2.45, 2.75) is 19.3 Å². The Bertz CT molecular complexity index is 241. The van der Waals surface area contributed by atoms with Crippen LogP contribution >= 0.6 is 27.3 Å². The average molecular weight is 231 g/mol. The second-order valence-corrected chi connectivity index (χ2v) is 4.78. The zero-order valence-corrected chi connectivity index (χ0v) is 8.75. The molecule has 1 heterocycles. The molecular formula is C9H11BrS. The molecule has 0 nitrogen and oxygen atoms in total. The zero-order valence-electron chi connectivity index (χ0n) is 6.35. The summed E-state index contributed by atoms with van der Waals surface area (Å²) in [5.41, 5.74) is 1.60. The first-order valence-corrected chi connectivity index (χ1v) is 6.01. The molecule has 0 N–H and O–H groups in total. The van der Waals surface area contributed by atoms with Gasteiger partial charge < -0.3 is 0 Å². The second kappa shape index (κ2) is 3.28. The third-order valence-electron chi connectivity index (χ3n) is 2.35. The van der Waals surface area contributed by atoms with E-state index in [4.69, 9.17) is 0 Å². The van der Waals surface area contributed by atoms with Gasteiger partial charge in [-0.2, -0.15) is 0 Å². The van der Waals surface area contributed by atoms with Gasteiger partial charge >= 0.3 is 0 Å². The smallest absolute Gasteiger partial charge is 0.00802 e. The Kier molecular flexibility index (Phi) is 2.33. The fraction of sp³-hybridized carbons (Fsp3) is 0.556. The summed E-state index contributed by atoms with van der Waals surface area (Å²) in [6.07, 6.45) is 3.97. The van der Waals surface area contributed by atoms with E-state index in [1.165, 1.54) is 24.6 Å². The van der Waals surface area contributed by atoms with Gasteiger partial charge in [0, 0.05) is 10.2 Å². The molecule has 1 aromatic heterocycles. The Hall–Kier alpha value is 0.180. The fourth-order valence-corrected chi connectivity index (χ4v) is 3.23. The maximum atomic E-state index is 3.56. The first-order chi connectivity index (χ1) is 5.40. The Morgan fingerprint density at radius 1 is 1.64 bits per heavy atom. The molecule has 1 unspecified atom stereocenters. The summed E-state index contributed by atoms with van der Waals surface area (Å²) in [5, 5.41) is 3.39. The van der Waals surface area contributed by atoms with Crippen molar-refractivity contribution in [1.82, 2.24) is 0 Å². The van der Waals surface area contributed by atoms with Crippen molar-refractivity contribution in [3.63, 3.8) is 0 Å². The number of alkyl halides is 1. The van der Waals surface area contributed by atoms with Crippen molar-refractivity contribution < 1.29 is 0 Å². The fourth-order valence-electron chi connectivity index (χ4n) is 1.62. The molecule has 0 radical (unpaired) electrons. The van der Waals surface area contributed by atoms with E-state index in [9.17, 15) is 0 Å². The first kappa shape index (κ1) is 7.81. The molecule has 2 rings (SSSR count). The van der Waals surface area contributed by atoms with Crippen molar-refractivity contribution in [3.8, 4) is 0 Å². The molecule has 0 aliphatic heterocycles. The van der Waals surface area contributed by atoms with Crippen molar-refractivity contribution >= 4 is 27.3 Å². The number of hydrogen-bond donors (Lipinski definition) is 0. The zero-order chi connectivity index (χ0) is 7.68. The predicted molar refractivity (Wildman–Crippen MR) is 53.6 cm³/mol. The number of aryl methyl sites for hydroxylation is 1. The Morgan fingerprint density at radius 2 is 2.55 bits per heavy atom. The Balaban J connectivity index is 2.18. The summed E-state index contributed by atoms with van der Waals surface area (Å²) in [6, 6.07) is 2.28.